The molecule has 1 aliphatic carbocycles. The summed E-state index contributed by atoms with van der Waals surface area (Å²) < 4.78 is 6.80. The molecule has 0 bridgehead atoms. The highest BCUT2D eigenvalue weighted by Gasteiger charge is 2.32. The van der Waals surface area contributed by atoms with Crippen molar-refractivity contribution in [2.45, 2.75) is 25.9 Å². The van der Waals surface area contributed by atoms with E-state index in [4.69, 9.17) is 10.5 Å². The third kappa shape index (κ3) is 2.35. The van der Waals surface area contributed by atoms with Crippen molar-refractivity contribution in [3.63, 3.8) is 0 Å². The number of hydrogen-bond acceptors (Lipinski definition) is 6. The number of ether oxygens (including phenoxy) is 1. The number of nitrogens with zero attached hydrogens (tertiary/aromatic N) is 4. The average molecular weight is 287 g/mol. The topological polar surface area (TPSA) is 113 Å². The Hall–Kier alpha value is -2.77. The van der Waals surface area contributed by atoms with Gasteiger partial charge in [-0.05, 0) is 12.8 Å². The number of hydrogen-bond donors (Lipinski definition) is 1. The fourth-order valence-corrected chi connectivity index (χ4v) is 2.43. The molecule has 8 nitrogen and oxygen atoms in total. The first kappa shape index (κ1) is 13.2. The fourth-order valence-electron chi connectivity index (χ4n) is 2.43. The lowest BCUT2D eigenvalue weighted by Gasteiger charge is -2.13. The summed E-state index contributed by atoms with van der Waals surface area (Å²) in [5, 5.41) is 0. The molecule has 2 aromatic heterocycles. The molecule has 21 heavy (non-hydrogen) atoms. The van der Waals surface area contributed by atoms with Crippen LogP contribution in [0.3, 0.4) is 0 Å². The number of primary amides is 1. The summed E-state index contributed by atoms with van der Waals surface area (Å²) in [7, 11) is 0. The van der Waals surface area contributed by atoms with Gasteiger partial charge in [-0.1, -0.05) is 0 Å². The third-order valence-corrected chi connectivity index (χ3v) is 3.27. The number of nitrogens with two attached hydrogens (primary N) is 1. The summed E-state index contributed by atoms with van der Waals surface area (Å²) in [6, 6.07) is 0. The molecule has 3 rings (SSSR count). The Labute approximate surface area is 120 Å². The molecule has 0 fully saturated rings. The largest absolute Gasteiger partial charge is 0.456 e. The van der Waals surface area contributed by atoms with Crippen LogP contribution in [0, 0.1) is 0 Å². The van der Waals surface area contributed by atoms with Crippen molar-refractivity contribution in [2.24, 2.45) is 5.73 Å². The van der Waals surface area contributed by atoms with Crippen LogP contribution < -0.4 is 5.73 Å². The molecule has 2 heterocycles. The summed E-state index contributed by atoms with van der Waals surface area (Å²) in [6.45, 7) is 1.34. The highest BCUT2D eigenvalue weighted by Crippen LogP contribution is 2.34. The first-order chi connectivity index (χ1) is 10.1. The van der Waals surface area contributed by atoms with Crippen LogP contribution in [-0.2, 0) is 16.0 Å². The van der Waals surface area contributed by atoms with Crippen LogP contribution in [0.25, 0.3) is 5.95 Å². The maximum absolute atomic E-state index is 11.6. The van der Waals surface area contributed by atoms with E-state index in [1.54, 1.807) is 17.0 Å². The molecule has 1 unspecified atom stereocenters. The Kier molecular flexibility index (Phi) is 3.13. The second kappa shape index (κ2) is 4.97. The lowest BCUT2D eigenvalue weighted by molar-refractivity contribution is -0.146. The van der Waals surface area contributed by atoms with Crippen LogP contribution >= 0.6 is 0 Å². The van der Waals surface area contributed by atoms with Crippen molar-refractivity contribution in [1.29, 1.82) is 0 Å². The van der Waals surface area contributed by atoms with E-state index in [-0.39, 0.29) is 11.6 Å². The number of esters is 1. The number of imidazole rings is 1. The smallest absolute Gasteiger partial charge is 0.303 e. The second-order valence-corrected chi connectivity index (χ2v) is 4.71. The first-order valence-electron chi connectivity index (χ1n) is 6.42. The molecule has 1 amide bonds. The minimum atomic E-state index is -0.626. The van der Waals surface area contributed by atoms with Gasteiger partial charge in [0.05, 0.1) is 5.69 Å². The number of amides is 1. The van der Waals surface area contributed by atoms with E-state index < -0.39 is 18.0 Å². The average Bonchev–Trinajstić information content (AvgIpc) is 3.07. The van der Waals surface area contributed by atoms with Crippen molar-refractivity contribution in [3.8, 4) is 5.95 Å². The summed E-state index contributed by atoms with van der Waals surface area (Å²) in [6.07, 6.45) is 5.39. The van der Waals surface area contributed by atoms with Gasteiger partial charge in [-0.3, -0.25) is 14.2 Å². The van der Waals surface area contributed by atoms with Crippen LogP contribution in [0.5, 0.6) is 0 Å². The maximum atomic E-state index is 11.6. The van der Waals surface area contributed by atoms with Gasteiger partial charge in [0.1, 0.15) is 18.1 Å². The molecule has 2 N–H and O–H groups in total. The third-order valence-electron chi connectivity index (χ3n) is 3.27. The van der Waals surface area contributed by atoms with E-state index in [0.717, 1.165) is 0 Å². The van der Waals surface area contributed by atoms with Gasteiger partial charge < -0.3 is 10.5 Å². The lowest BCUT2D eigenvalue weighted by Crippen LogP contribution is -2.19. The van der Waals surface area contributed by atoms with E-state index >= 15 is 0 Å². The highest BCUT2D eigenvalue weighted by molar-refractivity contribution is 5.92. The van der Waals surface area contributed by atoms with Crippen LogP contribution in [0.1, 0.15) is 41.2 Å². The van der Waals surface area contributed by atoms with Gasteiger partial charge in [0, 0.05) is 24.9 Å². The molecular formula is C13H13N5O3. The van der Waals surface area contributed by atoms with Crippen LogP contribution in [0.2, 0.25) is 0 Å². The molecule has 0 aliphatic heterocycles. The molecule has 1 aliphatic rings. The van der Waals surface area contributed by atoms with Gasteiger partial charge in [0.15, 0.2) is 0 Å². The minimum absolute atomic E-state index is 0.165. The standard InChI is InChI=1S/C13H13N5O3/c1-7(19)21-9-3-2-8-10(9)16-13(17-11(8)12(14)20)18-5-4-15-6-18/h4-6,9H,2-3H2,1H3,(H2,14,20). The molecule has 2 aromatic rings. The van der Waals surface area contributed by atoms with E-state index in [1.165, 1.54) is 13.3 Å². The maximum Gasteiger partial charge on any atom is 0.303 e. The monoisotopic (exact) mass is 287 g/mol. The SMILES string of the molecule is CC(=O)OC1CCc2c(C(N)=O)nc(-n3ccnc3)nc21. The zero-order chi connectivity index (χ0) is 15.0. The van der Waals surface area contributed by atoms with Crippen LogP contribution in [0.15, 0.2) is 18.7 Å². The van der Waals surface area contributed by atoms with Gasteiger partial charge in [0.25, 0.3) is 5.91 Å². The molecular weight excluding hydrogens is 274 g/mol. The van der Waals surface area contributed by atoms with Gasteiger partial charge in [-0.15, -0.1) is 0 Å². The Balaban J connectivity index is 2.12. The normalized spacial score (nSPS) is 16.5. The van der Waals surface area contributed by atoms with Crippen LogP contribution in [-0.4, -0.2) is 31.4 Å². The molecule has 0 saturated heterocycles. The Morgan fingerprint density at radius 1 is 1.43 bits per heavy atom. The van der Waals surface area contributed by atoms with Gasteiger partial charge in [-0.25, -0.2) is 15.0 Å². The molecule has 0 spiro atoms. The highest BCUT2D eigenvalue weighted by atomic mass is 16.5. The Morgan fingerprint density at radius 2 is 2.24 bits per heavy atom. The van der Waals surface area contributed by atoms with Gasteiger partial charge in [-0.2, -0.15) is 0 Å². The first-order valence-corrected chi connectivity index (χ1v) is 6.42. The predicted molar refractivity (Wildman–Crippen MR) is 70.5 cm³/mol. The summed E-state index contributed by atoms with van der Waals surface area (Å²) in [4.78, 5) is 35.3. The number of rotatable bonds is 3. The Morgan fingerprint density at radius 3 is 2.86 bits per heavy atom. The molecule has 8 heteroatoms. The number of fused-ring (bicyclic) bond motifs is 1. The summed E-state index contributed by atoms with van der Waals surface area (Å²) >= 11 is 0. The van der Waals surface area contributed by atoms with E-state index in [9.17, 15) is 9.59 Å². The second-order valence-electron chi connectivity index (χ2n) is 4.71. The molecule has 0 radical (unpaired) electrons. The van der Waals surface area contributed by atoms with Crippen molar-refractivity contribution in [1.82, 2.24) is 19.5 Å². The molecule has 0 saturated carbocycles. The van der Waals surface area contributed by atoms with Crippen molar-refractivity contribution in [3.05, 3.63) is 35.7 Å². The quantitative estimate of drug-likeness (QED) is 0.813. The van der Waals surface area contributed by atoms with E-state index in [2.05, 4.69) is 15.0 Å². The predicted octanol–water partition coefficient (Wildman–Crippen LogP) is 0.312. The number of aromatic nitrogens is 4. The fraction of sp³-hybridized carbons (Fsp3) is 0.308. The minimum Gasteiger partial charge on any atom is -0.456 e. The number of carbonyl (C=O) groups excluding carboxylic acids is 2. The lowest BCUT2D eigenvalue weighted by atomic mass is 10.1. The molecule has 1 atom stereocenters. The van der Waals surface area contributed by atoms with Crippen molar-refractivity contribution < 1.29 is 14.3 Å². The van der Waals surface area contributed by atoms with Gasteiger partial charge in [0.2, 0.25) is 5.95 Å². The zero-order valence-electron chi connectivity index (χ0n) is 11.3. The molecule has 108 valence electrons. The van der Waals surface area contributed by atoms with Gasteiger partial charge >= 0.3 is 5.97 Å². The zero-order valence-corrected chi connectivity index (χ0v) is 11.3. The Bertz CT molecular complexity index is 711. The van der Waals surface area contributed by atoms with Crippen LogP contribution in [0.4, 0.5) is 0 Å². The molecule has 0 aromatic carbocycles. The summed E-state index contributed by atoms with van der Waals surface area (Å²) in [5.41, 5.74) is 6.75. The van der Waals surface area contributed by atoms with E-state index in [1.807, 2.05) is 0 Å². The summed E-state index contributed by atoms with van der Waals surface area (Å²) in [5.74, 6) is -0.742. The van der Waals surface area contributed by atoms with Crippen molar-refractivity contribution in [2.75, 3.05) is 0 Å². The van der Waals surface area contributed by atoms with Crippen molar-refractivity contribution >= 4 is 11.9 Å². The van der Waals surface area contributed by atoms with E-state index in [0.29, 0.717) is 24.1 Å². The number of carbonyl (C=O) groups is 2.